The molecule has 0 fully saturated rings. The molecule has 0 aliphatic rings. The van der Waals surface area contributed by atoms with Crippen molar-refractivity contribution in [2.24, 2.45) is 0 Å². The molecule has 0 radical (unpaired) electrons. The first-order valence-electron chi connectivity index (χ1n) is 6.33. The van der Waals surface area contributed by atoms with Crippen molar-refractivity contribution in [1.29, 1.82) is 0 Å². The predicted molar refractivity (Wildman–Crippen MR) is 84.2 cm³/mol. The van der Waals surface area contributed by atoms with Gasteiger partial charge in [0.15, 0.2) is 11.0 Å². The van der Waals surface area contributed by atoms with E-state index < -0.39 is 0 Å². The summed E-state index contributed by atoms with van der Waals surface area (Å²) in [6, 6.07) is 1.86. The summed E-state index contributed by atoms with van der Waals surface area (Å²) >= 11 is 1.38. The summed E-state index contributed by atoms with van der Waals surface area (Å²) in [5.41, 5.74) is 8.43. The molecule has 0 aromatic carbocycles. The van der Waals surface area contributed by atoms with E-state index in [9.17, 15) is 0 Å². The number of aromatic amines is 1. The van der Waals surface area contributed by atoms with Crippen LogP contribution in [0.5, 0.6) is 0 Å². The standard InChI is InChI=1S/C13H15N7S/c1-7-4-5-15-11(17-7)10-9(18-13(14)21-10)8-6-16-19-12(8)20(2)3/h4-6H,1-3H3,(H2,14,18)(H,16,19). The van der Waals surface area contributed by atoms with Crippen molar-refractivity contribution in [3.05, 3.63) is 24.2 Å². The molecule has 0 spiro atoms. The average Bonchev–Trinajstić information content (AvgIpc) is 3.04. The second-order valence-electron chi connectivity index (χ2n) is 4.78. The highest BCUT2D eigenvalue weighted by Crippen LogP contribution is 2.39. The summed E-state index contributed by atoms with van der Waals surface area (Å²) in [7, 11) is 3.88. The summed E-state index contributed by atoms with van der Waals surface area (Å²) in [5, 5.41) is 7.54. The SMILES string of the molecule is Cc1ccnc(-c2sc(N)nc2-c2cn[nH]c2N(C)C)n1. The number of aryl methyl sites for hydroxylation is 1. The Balaban J connectivity index is 2.18. The van der Waals surface area contributed by atoms with E-state index in [1.807, 2.05) is 32.0 Å². The molecule has 3 heterocycles. The van der Waals surface area contributed by atoms with Crippen LogP contribution in [0.2, 0.25) is 0 Å². The molecule has 0 aliphatic carbocycles. The van der Waals surface area contributed by atoms with Gasteiger partial charge in [-0.1, -0.05) is 11.3 Å². The average molecular weight is 301 g/mol. The van der Waals surface area contributed by atoms with Gasteiger partial charge in [0, 0.05) is 26.0 Å². The smallest absolute Gasteiger partial charge is 0.181 e. The van der Waals surface area contributed by atoms with E-state index in [0.29, 0.717) is 11.0 Å². The van der Waals surface area contributed by atoms with Crippen molar-refractivity contribution in [1.82, 2.24) is 25.1 Å². The Labute approximate surface area is 125 Å². The number of rotatable bonds is 3. The number of nitrogen functional groups attached to an aromatic ring is 1. The summed E-state index contributed by atoms with van der Waals surface area (Å²) in [6.07, 6.45) is 3.47. The molecule has 7 nitrogen and oxygen atoms in total. The molecule has 21 heavy (non-hydrogen) atoms. The van der Waals surface area contributed by atoms with Gasteiger partial charge in [0.25, 0.3) is 0 Å². The molecule has 3 aromatic heterocycles. The number of aromatic nitrogens is 5. The number of H-pyrrole nitrogens is 1. The molecule has 0 aliphatic heterocycles. The molecule has 3 N–H and O–H groups in total. The van der Waals surface area contributed by atoms with Gasteiger partial charge in [0.2, 0.25) is 0 Å². The molecule has 3 rings (SSSR count). The lowest BCUT2D eigenvalue weighted by molar-refractivity contribution is 1.01. The van der Waals surface area contributed by atoms with Crippen LogP contribution in [0.3, 0.4) is 0 Å². The zero-order valence-electron chi connectivity index (χ0n) is 12.0. The lowest BCUT2D eigenvalue weighted by atomic mass is 10.2. The number of nitrogens with one attached hydrogen (secondary N) is 1. The minimum atomic E-state index is 0.482. The van der Waals surface area contributed by atoms with Crippen LogP contribution in [0.15, 0.2) is 18.5 Å². The number of thiazole rings is 1. The van der Waals surface area contributed by atoms with Crippen molar-refractivity contribution < 1.29 is 0 Å². The van der Waals surface area contributed by atoms with E-state index in [4.69, 9.17) is 5.73 Å². The molecule has 0 unspecified atom stereocenters. The predicted octanol–water partition coefficient (Wildman–Crippen LogP) is 1.95. The van der Waals surface area contributed by atoms with Crippen LogP contribution in [0.25, 0.3) is 22.0 Å². The molecule has 0 bridgehead atoms. The first-order valence-corrected chi connectivity index (χ1v) is 7.15. The van der Waals surface area contributed by atoms with E-state index in [1.165, 1.54) is 11.3 Å². The van der Waals surface area contributed by atoms with E-state index in [-0.39, 0.29) is 0 Å². The Kier molecular flexibility index (Phi) is 3.30. The molecule has 0 saturated heterocycles. The third-order valence-corrected chi connectivity index (χ3v) is 3.84. The molecule has 0 atom stereocenters. The fourth-order valence-electron chi connectivity index (χ4n) is 2.02. The van der Waals surface area contributed by atoms with Crippen LogP contribution in [0, 0.1) is 6.92 Å². The number of nitrogens with zero attached hydrogens (tertiary/aromatic N) is 5. The van der Waals surface area contributed by atoms with Gasteiger partial charge in [-0.05, 0) is 13.0 Å². The Morgan fingerprint density at radius 2 is 2.10 bits per heavy atom. The number of hydrogen-bond donors (Lipinski definition) is 2. The van der Waals surface area contributed by atoms with E-state index in [1.54, 1.807) is 12.4 Å². The van der Waals surface area contributed by atoms with Gasteiger partial charge >= 0.3 is 0 Å². The third kappa shape index (κ3) is 2.45. The zero-order valence-corrected chi connectivity index (χ0v) is 12.8. The van der Waals surface area contributed by atoms with Crippen molar-refractivity contribution in [3.8, 4) is 22.0 Å². The molecule has 8 heteroatoms. The summed E-state index contributed by atoms with van der Waals surface area (Å²) in [6.45, 7) is 1.93. The number of hydrogen-bond acceptors (Lipinski definition) is 7. The fourth-order valence-corrected chi connectivity index (χ4v) is 2.81. The lowest BCUT2D eigenvalue weighted by Crippen LogP contribution is -2.10. The second-order valence-corrected chi connectivity index (χ2v) is 5.81. The Bertz CT molecular complexity index is 774. The molecule has 0 saturated carbocycles. The Morgan fingerprint density at radius 3 is 2.81 bits per heavy atom. The summed E-state index contributed by atoms with van der Waals surface area (Å²) < 4.78 is 0. The quantitative estimate of drug-likeness (QED) is 0.767. The van der Waals surface area contributed by atoms with Crippen LogP contribution in [-0.2, 0) is 0 Å². The van der Waals surface area contributed by atoms with Crippen LogP contribution < -0.4 is 10.6 Å². The number of nitrogens with two attached hydrogens (primary N) is 1. The first kappa shape index (κ1) is 13.5. The number of anilines is 2. The van der Waals surface area contributed by atoms with Crippen LogP contribution in [0.1, 0.15) is 5.69 Å². The first-order chi connectivity index (χ1) is 10.1. The van der Waals surface area contributed by atoms with Crippen LogP contribution in [0.4, 0.5) is 10.9 Å². The topological polar surface area (TPSA) is 96.6 Å². The highest BCUT2D eigenvalue weighted by atomic mass is 32.1. The summed E-state index contributed by atoms with van der Waals surface area (Å²) in [5.74, 6) is 1.50. The van der Waals surface area contributed by atoms with E-state index >= 15 is 0 Å². The van der Waals surface area contributed by atoms with Gasteiger partial charge < -0.3 is 10.6 Å². The van der Waals surface area contributed by atoms with Gasteiger partial charge in [-0.15, -0.1) is 0 Å². The zero-order chi connectivity index (χ0) is 15.0. The van der Waals surface area contributed by atoms with Crippen LogP contribution >= 0.6 is 11.3 Å². The molecule has 3 aromatic rings. The van der Waals surface area contributed by atoms with Gasteiger partial charge in [-0.3, -0.25) is 5.10 Å². The van der Waals surface area contributed by atoms with Crippen molar-refractivity contribution >= 4 is 22.3 Å². The van der Waals surface area contributed by atoms with Gasteiger partial charge in [0.1, 0.15) is 10.7 Å². The Hall–Kier alpha value is -2.48. The third-order valence-electron chi connectivity index (χ3n) is 2.96. The van der Waals surface area contributed by atoms with Crippen molar-refractivity contribution in [2.45, 2.75) is 6.92 Å². The Morgan fingerprint density at radius 1 is 1.29 bits per heavy atom. The van der Waals surface area contributed by atoms with Gasteiger partial charge in [0.05, 0.1) is 17.5 Å². The van der Waals surface area contributed by atoms with Crippen LogP contribution in [-0.4, -0.2) is 39.2 Å². The van der Waals surface area contributed by atoms with Gasteiger partial charge in [-0.25, -0.2) is 15.0 Å². The monoisotopic (exact) mass is 301 g/mol. The van der Waals surface area contributed by atoms with Crippen molar-refractivity contribution in [2.75, 3.05) is 24.7 Å². The highest BCUT2D eigenvalue weighted by Gasteiger charge is 2.20. The maximum absolute atomic E-state index is 5.89. The maximum atomic E-state index is 5.89. The maximum Gasteiger partial charge on any atom is 0.181 e. The normalized spacial score (nSPS) is 10.8. The second kappa shape index (κ2) is 5.13. The van der Waals surface area contributed by atoms with E-state index in [0.717, 1.165) is 27.6 Å². The largest absolute Gasteiger partial charge is 0.375 e. The summed E-state index contributed by atoms with van der Waals surface area (Å²) in [4.78, 5) is 16.0. The highest BCUT2D eigenvalue weighted by molar-refractivity contribution is 7.19. The molecular formula is C13H15N7S. The minimum absolute atomic E-state index is 0.482. The molecule has 108 valence electrons. The molecular weight excluding hydrogens is 286 g/mol. The fraction of sp³-hybridized carbons (Fsp3) is 0.231. The lowest BCUT2D eigenvalue weighted by Gasteiger charge is -2.11. The van der Waals surface area contributed by atoms with Crippen molar-refractivity contribution in [3.63, 3.8) is 0 Å². The van der Waals surface area contributed by atoms with Gasteiger partial charge in [-0.2, -0.15) is 5.10 Å². The molecule has 0 amide bonds. The van der Waals surface area contributed by atoms with E-state index in [2.05, 4.69) is 25.1 Å². The minimum Gasteiger partial charge on any atom is -0.375 e.